The summed E-state index contributed by atoms with van der Waals surface area (Å²) in [4.78, 5) is 13.4. The number of nitrogens with two attached hydrogens (primary N) is 1. The van der Waals surface area contributed by atoms with Crippen LogP contribution in [0.25, 0.3) is 27.5 Å². The Hall–Kier alpha value is -2.95. The molecule has 5 nitrogen and oxygen atoms in total. The number of benzene rings is 1. The molecule has 0 saturated carbocycles. The minimum Gasteiger partial charge on any atom is -0.382 e. The van der Waals surface area contributed by atoms with Crippen LogP contribution < -0.4 is 5.73 Å². The molecule has 3 aromatic heterocycles. The third-order valence-electron chi connectivity index (χ3n) is 4.19. The fourth-order valence-electron chi connectivity index (χ4n) is 3.11. The van der Waals surface area contributed by atoms with Crippen LogP contribution in [0.4, 0.5) is 5.82 Å². The van der Waals surface area contributed by atoms with Crippen LogP contribution in [-0.2, 0) is 5.41 Å². The molecule has 0 radical (unpaired) electrons. The minimum absolute atomic E-state index is 0.110. The molecule has 0 atom stereocenters. The number of aromatic nitrogens is 4. The van der Waals surface area contributed by atoms with Crippen LogP contribution in [-0.4, -0.2) is 19.4 Å². The van der Waals surface area contributed by atoms with Crippen molar-refractivity contribution in [1.29, 1.82) is 0 Å². The van der Waals surface area contributed by atoms with Gasteiger partial charge in [0.05, 0.1) is 0 Å². The number of fused-ring (bicyclic) bond motifs is 2. The average molecular weight is 317 g/mol. The summed E-state index contributed by atoms with van der Waals surface area (Å²) < 4.78 is 2.05. The van der Waals surface area contributed by atoms with E-state index in [1.807, 2.05) is 24.5 Å². The Kier molecular flexibility index (Phi) is 3.06. The summed E-state index contributed by atoms with van der Waals surface area (Å²) in [6.07, 6.45) is 7.31. The average Bonchev–Trinajstić information content (AvgIpc) is 2.95. The first-order valence-corrected chi connectivity index (χ1v) is 7.93. The fourth-order valence-corrected chi connectivity index (χ4v) is 3.11. The molecule has 0 unspecified atom stereocenters. The van der Waals surface area contributed by atoms with E-state index < -0.39 is 0 Å². The van der Waals surface area contributed by atoms with E-state index in [0.29, 0.717) is 5.82 Å². The highest BCUT2D eigenvalue weighted by Crippen LogP contribution is 2.35. The first-order valence-electron chi connectivity index (χ1n) is 7.93. The number of pyridine rings is 1. The molecule has 0 bridgehead atoms. The normalized spacial score (nSPS) is 12.1. The predicted molar refractivity (Wildman–Crippen MR) is 96.8 cm³/mol. The Morgan fingerprint density at radius 1 is 1.08 bits per heavy atom. The summed E-state index contributed by atoms with van der Waals surface area (Å²) in [7, 11) is 0. The summed E-state index contributed by atoms with van der Waals surface area (Å²) >= 11 is 0. The topological polar surface area (TPSA) is 69.1 Å². The number of anilines is 1. The van der Waals surface area contributed by atoms with E-state index >= 15 is 0 Å². The van der Waals surface area contributed by atoms with E-state index in [2.05, 4.69) is 47.3 Å². The van der Waals surface area contributed by atoms with Crippen LogP contribution in [0.15, 0.2) is 49.1 Å². The van der Waals surface area contributed by atoms with Gasteiger partial charge < -0.3 is 5.73 Å². The third kappa shape index (κ3) is 2.12. The van der Waals surface area contributed by atoms with Crippen LogP contribution in [0.5, 0.6) is 0 Å². The first kappa shape index (κ1) is 14.6. The van der Waals surface area contributed by atoms with Gasteiger partial charge in [0.2, 0.25) is 0 Å². The first-order chi connectivity index (χ1) is 11.5. The molecular weight excluding hydrogens is 298 g/mol. The predicted octanol–water partition coefficient (Wildman–Crippen LogP) is 3.82. The van der Waals surface area contributed by atoms with Crippen LogP contribution in [0, 0.1) is 0 Å². The van der Waals surface area contributed by atoms with E-state index in [0.717, 1.165) is 33.4 Å². The Morgan fingerprint density at radius 3 is 2.71 bits per heavy atom. The van der Waals surface area contributed by atoms with Gasteiger partial charge in [0.1, 0.15) is 22.9 Å². The molecule has 5 heteroatoms. The summed E-state index contributed by atoms with van der Waals surface area (Å²) in [5.41, 5.74) is 8.86. The summed E-state index contributed by atoms with van der Waals surface area (Å²) in [5, 5.41) is 2.19. The van der Waals surface area contributed by atoms with Gasteiger partial charge >= 0.3 is 0 Å². The van der Waals surface area contributed by atoms with Crippen molar-refractivity contribution in [3.8, 4) is 11.3 Å². The lowest BCUT2D eigenvalue weighted by atomic mass is 9.96. The maximum Gasteiger partial charge on any atom is 0.150 e. The fraction of sp³-hybridized carbons (Fsp3) is 0.211. The summed E-state index contributed by atoms with van der Waals surface area (Å²) in [5.74, 6) is 1.45. The molecule has 1 aromatic carbocycles. The molecule has 0 spiro atoms. The van der Waals surface area contributed by atoms with Gasteiger partial charge in [-0.05, 0) is 11.5 Å². The molecule has 0 aliphatic heterocycles. The number of nitrogen functional groups attached to an aromatic ring is 1. The molecule has 4 aromatic rings. The van der Waals surface area contributed by atoms with Crippen molar-refractivity contribution in [3.05, 3.63) is 54.9 Å². The second-order valence-corrected chi connectivity index (χ2v) is 6.97. The second-order valence-electron chi connectivity index (χ2n) is 6.97. The van der Waals surface area contributed by atoms with Crippen LogP contribution in [0.2, 0.25) is 0 Å². The van der Waals surface area contributed by atoms with E-state index in [4.69, 9.17) is 10.7 Å². The van der Waals surface area contributed by atoms with E-state index in [1.165, 1.54) is 0 Å². The van der Waals surface area contributed by atoms with Gasteiger partial charge in [0.15, 0.2) is 0 Å². The Morgan fingerprint density at radius 2 is 1.92 bits per heavy atom. The van der Waals surface area contributed by atoms with Crippen molar-refractivity contribution >= 4 is 22.1 Å². The van der Waals surface area contributed by atoms with Gasteiger partial charge in [0, 0.05) is 41.2 Å². The summed E-state index contributed by atoms with van der Waals surface area (Å²) in [6.45, 7) is 6.44. The highest BCUT2D eigenvalue weighted by molar-refractivity contribution is 6.00. The van der Waals surface area contributed by atoms with Crippen molar-refractivity contribution < 1.29 is 0 Å². The molecule has 4 rings (SSSR count). The smallest absolute Gasteiger partial charge is 0.150 e. The van der Waals surface area contributed by atoms with Crippen molar-refractivity contribution in [2.24, 2.45) is 0 Å². The molecule has 0 fully saturated rings. The van der Waals surface area contributed by atoms with Gasteiger partial charge in [-0.2, -0.15) is 0 Å². The Bertz CT molecular complexity index is 1050. The maximum atomic E-state index is 6.21. The number of imidazole rings is 1. The van der Waals surface area contributed by atoms with Crippen LogP contribution in [0.3, 0.4) is 0 Å². The monoisotopic (exact) mass is 317 g/mol. The Balaban J connectivity index is 2.14. The number of rotatable bonds is 1. The minimum atomic E-state index is -0.110. The van der Waals surface area contributed by atoms with Gasteiger partial charge in [0.25, 0.3) is 0 Å². The van der Waals surface area contributed by atoms with E-state index in [9.17, 15) is 0 Å². The van der Waals surface area contributed by atoms with Gasteiger partial charge in [-0.1, -0.05) is 39.0 Å². The summed E-state index contributed by atoms with van der Waals surface area (Å²) in [6, 6.07) is 8.16. The highest BCUT2D eigenvalue weighted by Gasteiger charge is 2.25. The molecule has 0 aliphatic rings. The largest absolute Gasteiger partial charge is 0.382 e. The SMILES string of the molecule is CC(C)(C)c1nc(-c2cccc3cnccc23)c2c(N)nccn12. The van der Waals surface area contributed by atoms with Crippen molar-refractivity contribution in [2.45, 2.75) is 26.2 Å². The van der Waals surface area contributed by atoms with Crippen molar-refractivity contribution in [1.82, 2.24) is 19.4 Å². The lowest BCUT2D eigenvalue weighted by Crippen LogP contribution is -2.16. The highest BCUT2D eigenvalue weighted by atomic mass is 15.1. The van der Waals surface area contributed by atoms with Gasteiger partial charge in [-0.15, -0.1) is 0 Å². The molecule has 2 N–H and O–H groups in total. The van der Waals surface area contributed by atoms with Crippen molar-refractivity contribution in [3.63, 3.8) is 0 Å². The zero-order valence-corrected chi connectivity index (χ0v) is 14.0. The number of hydrogen-bond donors (Lipinski definition) is 1. The zero-order chi connectivity index (χ0) is 16.9. The van der Waals surface area contributed by atoms with Gasteiger partial charge in [-0.25, -0.2) is 9.97 Å². The lowest BCUT2D eigenvalue weighted by Gasteiger charge is -2.16. The number of hydrogen-bond acceptors (Lipinski definition) is 4. The Labute approximate surface area is 140 Å². The van der Waals surface area contributed by atoms with Crippen LogP contribution in [0.1, 0.15) is 26.6 Å². The molecule has 0 aliphatic carbocycles. The molecule has 120 valence electrons. The van der Waals surface area contributed by atoms with Crippen LogP contribution >= 0.6 is 0 Å². The van der Waals surface area contributed by atoms with Crippen molar-refractivity contribution in [2.75, 3.05) is 5.73 Å². The molecular formula is C19H19N5. The second kappa shape index (κ2) is 5.03. The number of nitrogens with zero attached hydrogens (tertiary/aromatic N) is 4. The standard InChI is InChI=1S/C19H19N5/c1-19(2,3)18-23-15(16-17(20)22-9-10-24(16)18)14-6-4-5-12-11-21-8-7-13(12)14/h4-11H,1-3H3,(H2,20,22). The molecule has 24 heavy (non-hydrogen) atoms. The zero-order valence-electron chi connectivity index (χ0n) is 14.0. The quantitative estimate of drug-likeness (QED) is 0.579. The van der Waals surface area contributed by atoms with E-state index in [1.54, 1.807) is 12.4 Å². The lowest BCUT2D eigenvalue weighted by molar-refractivity contribution is 0.543. The molecule has 0 amide bonds. The molecule has 3 heterocycles. The molecule has 0 saturated heterocycles. The van der Waals surface area contributed by atoms with E-state index in [-0.39, 0.29) is 5.41 Å². The maximum absolute atomic E-state index is 6.21. The third-order valence-corrected chi connectivity index (χ3v) is 4.19. The van der Waals surface area contributed by atoms with Gasteiger partial charge in [-0.3, -0.25) is 9.38 Å².